The number of nitrogens with one attached hydrogen (secondary N) is 1. The molecule has 3 aromatic rings. The number of carbonyl (C=O) groups excluding carboxylic acids is 2. The molecule has 1 atom stereocenters. The van der Waals surface area contributed by atoms with Gasteiger partial charge in [-0.15, -0.1) is 11.6 Å². The Hall–Kier alpha value is -3.51. The molecule has 0 saturated carbocycles. The van der Waals surface area contributed by atoms with Crippen LogP contribution in [0.4, 0.5) is 5.69 Å². The minimum atomic E-state index is -1.67. The molecule has 1 aliphatic heterocycles. The number of hydrogen-bond donors (Lipinski definition) is 2. The van der Waals surface area contributed by atoms with E-state index in [1.807, 2.05) is 12.1 Å². The summed E-state index contributed by atoms with van der Waals surface area (Å²) in [6.45, 7) is 0. The minimum absolute atomic E-state index is 0.0717. The first-order chi connectivity index (χ1) is 15.5. The Kier molecular flexibility index (Phi) is 6.06. The third kappa shape index (κ3) is 3.89. The van der Waals surface area contributed by atoms with E-state index in [0.29, 0.717) is 34.7 Å². The summed E-state index contributed by atoms with van der Waals surface area (Å²) in [5, 5.41) is 13.5. The highest BCUT2D eigenvalue weighted by Gasteiger charge is 2.51. The largest absolute Gasteiger partial charge is 0.504 e. The van der Waals surface area contributed by atoms with Gasteiger partial charge < -0.3 is 19.9 Å². The summed E-state index contributed by atoms with van der Waals surface area (Å²) in [5.74, 6) is -0.557. The number of halogens is 1. The predicted molar refractivity (Wildman–Crippen MR) is 121 cm³/mol. The first-order valence-corrected chi connectivity index (χ1v) is 10.7. The maximum absolute atomic E-state index is 13.3. The van der Waals surface area contributed by atoms with Gasteiger partial charge in [0.05, 0.1) is 12.7 Å². The third-order valence-corrected chi connectivity index (χ3v) is 5.72. The number of carbonyl (C=O) groups is 2. The van der Waals surface area contributed by atoms with Gasteiger partial charge in [0.2, 0.25) is 5.60 Å². The summed E-state index contributed by atoms with van der Waals surface area (Å²) in [7, 11) is 1.44. The first-order valence-electron chi connectivity index (χ1n) is 10.1. The van der Waals surface area contributed by atoms with Gasteiger partial charge in [0, 0.05) is 29.1 Å². The molecule has 0 aliphatic carbocycles. The molecule has 164 valence electrons. The van der Waals surface area contributed by atoms with Crippen LogP contribution in [0.15, 0.2) is 66.7 Å². The van der Waals surface area contributed by atoms with Crippen LogP contribution in [0.3, 0.4) is 0 Å². The molecule has 0 aromatic heterocycles. The number of para-hydroxylation sites is 1. The molecule has 0 radical (unpaired) electrons. The summed E-state index contributed by atoms with van der Waals surface area (Å²) in [5.41, 5.74) is 1.04. The molecule has 0 fully saturated rings. The van der Waals surface area contributed by atoms with Crippen LogP contribution in [0.5, 0.6) is 11.5 Å². The van der Waals surface area contributed by atoms with Crippen molar-refractivity contribution >= 4 is 29.2 Å². The number of fused-ring (bicyclic) bond motifs is 1. The van der Waals surface area contributed by atoms with Crippen molar-refractivity contribution in [2.75, 3.05) is 18.3 Å². The van der Waals surface area contributed by atoms with Gasteiger partial charge >= 0.3 is 5.97 Å². The summed E-state index contributed by atoms with van der Waals surface area (Å²) in [6, 6.07) is 18.9. The number of anilines is 1. The van der Waals surface area contributed by atoms with Gasteiger partial charge in [0.15, 0.2) is 11.5 Å². The second-order valence-electron chi connectivity index (χ2n) is 7.50. The normalized spacial score (nSPS) is 16.9. The van der Waals surface area contributed by atoms with Crippen LogP contribution in [0.2, 0.25) is 0 Å². The lowest BCUT2D eigenvalue weighted by atomic mass is 9.86. The van der Waals surface area contributed by atoms with Crippen LogP contribution in [0.1, 0.15) is 27.0 Å². The monoisotopic (exact) mass is 451 g/mol. The summed E-state index contributed by atoms with van der Waals surface area (Å²) < 4.78 is 11.2. The number of phenolic OH excluding ortho intramolecular Hbond substituents is 1. The minimum Gasteiger partial charge on any atom is -0.504 e. The molecule has 7 heteroatoms. The van der Waals surface area contributed by atoms with Crippen LogP contribution in [0, 0.1) is 0 Å². The number of amides is 1. The van der Waals surface area contributed by atoms with Gasteiger partial charge in [-0.05, 0) is 42.3 Å². The quantitative estimate of drug-likeness (QED) is 0.410. The molecule has 0 spiro atoms. The molecule has 0 bridgehead atoms. The number of rotatable bonds is 7. The SMILES string of the molecule is COc1cccc(CC2(OC(=O)c3ccccc3)C(=O)Nc3ccc(CCCl)cc32)c1O. The molecule has 0 saturated heterocycles. The van der Waals surface area contributed by atoms with Crippen molar-refractivity contribution in [3.63, 3.8) is 0 Å². The average Bonchev–Trinajstić information content (AvgIpc) is 3.06. The number of aromatic hydroxyl groups is 1. The molecule has 32 heavy (non-hydrogen) atoms. The molecular weight excluding hydrogens is 430 g/mol. The highest BCUT2D eigenvalue weighted by Crippen LogP contribution is 2.44. The summed E-state index contributed by atoms with van der Waals surface area (Å²) in [4.78, 5) is 26.4. The fourth-order valence-corrected chi connectivity index (χ4v) is 4.11. The van der Waals surface area contributed by atoms with E-state index in [-0.39, 0.29) is 17.9 Å². The molecular formula is C25H22ClNO5. The number of ether oxygens (including phenoxy) is 2. The maximum Gasteiger partial charge on any atom is 0.339 e. The summed E-state index contributed by atoms with van der Waals surface area (Å²) in [6.07, 6.45) is 0.522. The van der Waals surface area contributed by atoms with Gasteiger partial charge in [0.25, 0.3) is 5.91 Å². The van der Waals surface area contributed by atoms with Crippen molar-refractivity contribution < 1.29 is 24.2 Å². The van der Waals surface area contributed by atoms with Gasteiger partial charge in [-0.1, -0.05) is 36.4 Å². The standard InChI is InChI=1S/C25H22ClNO5/c1-31-21-9-5-8-18(22(21)28)15-25(32-23(29)17-6-3-2-4-7-17)19-14-16(12-13-26)10-11-20(19)27-24(25)30/h2-11,14,28H,12-13,15H2,1H3,(H,27,30). The lowest BCUT2D eigenvalue weighted by Gasteiger charge is -2.28. The maximum atomic E-state index is 13.3. The second kappa shape index (κ2) is 8.93. The highest BCUT2D eigenvalue weighted by molar-refractivity contribution is 6.18. The molecule has 2 N–H and O–H groups in total. The zero-order valence-corrected chi connectivity index (χ0v) is 18.2. The predicted octanol–water partition coefficient (Wildman–Crippen LogP) is 4.43. The zero-order chi connectivity index (χ0) is 22.7. The van der Waals surface area contributed by atoms with Gasteiger partial charge in [-0.3, -0.25) is 4.79 Å². The van der Waals surface area contributed by atoms with E-state index in [1.165, 1.54) is 7.11 Å². The van der Waals surface area contributed by atoms with Crippen LogP contribution in [-0.4, -0.2) is 30.0 Å². The van der Waals surface area contributed by atoms with Crippen molar-refractivity contribution in [3.8, 4) is 11.5 Å². The fourth-order valence-electron chi connectivity index (χ4n) is 3.89. The fraction of sp³-hybridized carbons (Fsp3) is 0.200. The molecule has 1 aliphatic rings. The molecule has 4 rings (SSSR count). The Morgan fingerprint density at radius 2 is 1.88 bits per heavy atom. The van der Waals surface area contributed by atoms with E-state index in [0.717, 1.165) is 5.56 Å². The van der Waals surface area contributed by atoms with E-state index in [1.54, 1.807) is 54.6 Å². The zero-order valence-electron chi connectivity index (χ0n) is 17.4. The van der Waals surface area contributed by atoms with Crippen molar-refractivity contribution in [2.24, 2.45) is 0 Å². The average molecular weight is 452 g/mol. The second-order valence-corrected chi connectivity index (χ2v) is 7.88. The van der Waals surface area contributed by atoms with Crippen LogP contribution >= 0.6 is 11.6 Å². The van der Waals surface area contributed by atoms with Crippen LogP contribution in [0.25, 0.3) is 0 Å². The van der Waals surface area contributed by atoms with E-state index in [4.69, 9.17) is 21.1 Å². The van der Waals surface area contributed by atoms with E-state index in [2.05, 4.69) is 5.32 Å². The van der Waals surface area contributed by atoms with Crippen molar-refractivity contribution in [2.45, 2.75) is 18.4 Å². The van der Waals surface area contributed by atoms with Crippen molar-refractivity contribution in [1.82, 2.24) is 0 Å². The van der Waals surface area contributed by atoms with E-state index in [9.17, 15) is 14.7 Å². The van der Waals surface area contributed by atoms with Crippen LogP contribution in [-0.2, 0) is 28.0 Å². The first kappa shape index (κ1) is 21.7. The van der Waals surface area contributed by atoms with Gasteiger partial charge in [0.1, 0.15) is 0 Å². The Morgan fingerprint density at radius 1 is 1.09 bits per heavy atom. The number of methoxy groups -OCH3 is 1. The Morgan fingerprint density at radius 3 is 2.59 bits per heavy atom. The van der Waals surface area contributed by atoms with E-state index >= 15 is 0 Å². The Balaban J connectivity index is 1.84. The topological polar surface area (TPSA) is 84.9 Å². The summed E-state index contributed by atoms with van der Waals surface area (Å²) >= 11 is 5.92. The molecule has 1 amide bonds. The number of phenols is 1. The lowest BCUT2D eigenvalue weighted by Crippen LogP contribution is -2.41. The number of alkyl halides is 1. The molecule has 6 nitrogen and oxygen atoms in total. The Bertz CT molecular complexity index is 1160. The van der Waals surface area contributed by atoms with Crippen molar-refractivity contribution in [3.05, 3.63) is 89.0 Å². The smallest absolute Gasteiger partial charge is 0.339 e. The van der Waals surface area contributed by atoms with E-state index < -0.39 is 17.5 Å². The van der Waals surface area contributed by atoms with Gasteiger partial charge in [-0.25, -0.2) is 4.79 Å². The number of aryl methyl sites for hydroxylation is 1. The number of benzene rings is 3. The Labute approximate surface area is 190 Å². The number of esters is 1. The third-order valence-electron chi connectivity index (χ3n) is 5.54. The lowest BCUT2D eigenvalue weighted by molar-refractivity contribution is -0.134. The van der Waals surface area contributed by atoms with Crippen molar-refractivity contribution in [1.29, 1.82) is 0 Å². The van der Waals surface area contributed by atoms with Crippen LogP contribution < -0.4 is 10.1 Å². The number of hydrogen-bond acceptors (Lipinski definition) is 5. The molecule has 3 aromatic carbocycles. The molecule has 1 unspecified atom stereocenters. The highest BCUT2D eigenvalue weighted by atomic mass is 35.5. The molecule has 1 heterocycles. The van der Waals surface area contributed by atoms with Gasteiger partial charge in [-0.2, -0.15) is 0 Å².